The fourth-order valence-electron chi connectivity index (χ4n) is 5.32. The second-order valence-corrected chi connectivity index (χ2v) is 11.1. The summed E-state index contributed by atoms with van der Waals surface area (Å²) in [4.78, 5) is 41.1. The zero-order valence-corrected chi connectivity index (χ0v) is 26.4. The van der Waals surface area contributed by atoms with Gasteiger partial charge in [-0.1, -0.05) is 103 Å². The lowest BCUT2D eigenvalue weighted by Crippen LogP contribution is -2.34. The molecule has 47 heavy (non-hydrogen) atoms. The van der Waals surface area contributed by atoms with Crippen molar-refractivity contribution >= 4 is 29.0 Å². The van der Waals surface area contributed by atoms with Crippen LogP contribution in [0.3, 0.4) is 0 Å². The number of nitrogens with one attached hydrogen (secondary N) is 1. The maximum atomic E-state index is 13.2. The summed E-state index contributed by atoms with van der Waals surface area (Å²) in [5.41, 5.74) is 4.34. The van der Waals surface area contributed by atoms with Crippen molar-refractivity contribution in [2.45, 2.75) is 25.3 Å². The fourth-order valence-corrected chi connectivity index (χ4v) is 5.32. The Balaban J connectivity index is 1.18. The Kier molecular flexibility index (Phi) is 11.5. The Bertz CT molecular complexity index is 1740. The molecule has 7 nitrogen and oxygen atoms in total. The molecule has 0 unspecified atom stereocenters. The van der Waals surface area contributed by atoms with Crippen LogP contribution in [0.5, 0.6) is 5.75 Å². The summed E-state index contributed by atoms with van der Waals surface area (Å²) in [7, 11) is 1.35. The van der Waals surface area contributed by atoms with E-state index in [2.05, 4.69) is 5.32 Å². The summed E-state index contributed by atoms with van der Waals surface area (Å²) >= 11 is 0. The van der Waals surface area contributed by atoms with E-state index in [1.807, 2.05) is 114 Å². The van der Waals surface area contributed by atoms with Crippen molar-refractivity contribution in [2.24, 2.45) is 0 Å². The van der Waals surface area contributed by atoms with E-state index in [9.17, 15) is 14.4 Å². The molecule has 1 N–H and O–H groups in total. The molecule has 0 heterocycles. The summed E-state index contributed by atoms with van der Waals surface area (Å²) < 4.78 is 11.1. The summed E-state index contributed by atoms with van der Waals surface area (Å²) in [6.45, 7) is 0.953. The Morgan fingerprint density at radius 1 is 0.702 bits per heavy atom. The number of hydrogen-bond donors (Lipinski definition) is 1. The van der Waals surface area contributed by atoms with Gasteiger partial charge in [0.1, 0.15) is 11.8 Å². The number of ether oxygens (including phenoxy) is 2. The minimum absolute atomic E-state index is 0.0348. The highest BCUT2D eigenvalue weighted by atomic mass is 16.5. The first-order valence-electron chi connectivity index (χ1n) is 15.7. The number of benzene rings is 5. The molecule has 0 saturated heterocycles. The third-order valence-electron chi connectivity index (χ3n) is 7.75. The van der Waals surface area contributed by atoms with Crippen LogP contribution in [0.4, 0.5) is 11.4 Å². The molecule has 5 rings (SSSR count). The Labute approximate surface area is 275 Å². The van der Waals surface area contributed by atoms with E-state index in [1.165, 1.54) is 7.11 Å². The second-order valence-electron chi connectivity index (χ2n) is 11.1. The van der Waals surface area contributed by atoms with Gasteiger partial charge in [0, 0.05) is 35.5 Å². The maximum Gasteiger partial charge on any atom is 0.328 e. The molecule has 0 aromatic heterocycles. The van der Waals surface area contributed by atoms with Crippen LogP contribution in [0.1, 0.15) is 33.5 Å². The maximum absolute atomic E-state index is 13.2. The van der Waals surface area contributed by atoms with Crippen LogP contribution in [0.15, 0.2) is 140 Å². The first kappa shape index (κ1) is 32.7. The van der Waals surface area contributed by atoms with Gasteiger partial charge in [0.2, 0.25) is 5.91 Å². The first-order chi connectivity index (χ1) is 23.0. The molecule has 0 saturated carbocycles. The summed E-state index contributed by atoms with van der Waals surface area (Å²) in [5.74, 6) is 0.160. The highest BCUT2D eigenvalue weighted by Gasteiger charge is 2.23. The van der Waals surface area contributed by atoms with Crippen LogP contribution in [-0.2, 0) is 27.2 Å². The fraction of sp³-hybridized carbons (Fsp3) is 0.175. The average Bonchev–Trinajstić information content (AvgIpc) is 3.12. The largest absolute Gasteiger partial charge is 0.494 e. The molecule has 0 aliphatic rings. The molecular formula is C40H38N2O5. The highest BCUT2D eigenvalue weighted by molar-refractivity contribution is 6.12. The number of methoxy groups -OCH3 is 1. The van der Waals surface area contributed by atoms with Crippen LogP contribution in [0.2, 0.25) is 0 Å². The van der Waals surface area contributed by atoms with Crippen LogP contribution in [0, 0.1) is 0 Å². The summed E-state index contributed by atoms with van der Waals surface area (Å²) in [6, 6.07) is 42.5. The van der Waals surface area contributed by atoms with Crippen molar-refractivity contribution in [3.8, 4) is 5.75 Å². The second kappa shape index (κ2) is 16.6. The third kappa shape index (κ3) is 9.17. The number of nitrogens with zero attached hydrogens (tertiary/aromatic N) is 1. The van der Waals surface area contributed by atoms with Crippen molar-refractivity contribution in [3.63, 3.8) is 0 Å². The van der Waals surface area contributed by atoms with Crippen molar-refractivity contribution in [1.82, 2.24) is 0 Å². The molecule has 0 radical (unpaired) electrons. The van der Waals surface area contributed by atoms with Gasteiger partial charge in [0.25, 0.3) is 0 Å². The molecule has 0 aliphatic heterocycles. The quantitative estimate of drug-likeness (QED) is 0.0754. The molecule has 1 amide bonds. The van der Waals surface area contributed by atoms with Crippen LogP contribution in [-0.4, -0.2) is 44.0 Å². The molecule has 7 heteroatoms. The van der Waals surface area contributed by atoms with Crippen LogP contribution >= 0.6 is 0 Å². The number of rotatable bonds is 15. The lowest BCUT2D eigenvalue weighted by molar-refractivity contribution is -0.141. The topological polar surface area (TPSA) is 84.9 Å². The number of ketones is 1. The smallest absolute Gasteiger partial charge is 0.328 e. The molecule has 5 aromatic rings. The Morgan fingerprint density at radius 2 is 1.32 bits per heavy atom. The number of carbonyl (C=O) groups excluding carboxylic acids is 3. The number of carbonyl (C=O) groups is 3. The number of para-hydroxylation sites is 2. The minimum Gasteiger partial charge on any atom is -0.494 e. The van der Waals surface area contributed by atoms with Gasteiger partial charge >= 0.3 is 5.97 Å². The Morgan fingerprint density at radius 3 is 2.00 bits per heavy atom. The van der Waals surface area contributed by atoms with Gasteiger partial charge in [-0.25, -0.2) is 4.79 Å². The Hall–Kier alpha value is -5.69. The molecule has 0 bridgehead atoms. The number of esters is 1. The van der Waals surface area contributed by atoms with Gasteiger partial charge in [0.15, 0.2) is 5.78 Å². The van der Waals surface area contributed by atoms with Crippen molar-refractivity contribution in [1.29, 1.82) is 0 Å². The summed E-state index contributed by atoms with van der Waals surface area (Å²) in [5, 5.41) is 3.24. The predicted molar refractivity (Wildman–Crippen MR) is 185 cm³/mol. The number of amides is 1. The van der Waals surface area contributed by atoms with Crippen LogP contribution < -0.4 is 15.0 Å². The highest BCUT2D eigenvalue weighted by Crippen LogP contribution is 2.23. The predicted octanol–water partition coefficient (Wildman–Crippen LogP) is 7.16. The van der Waals surface area contributed by atoms with Crippen molar-refractivity contribution in [3.05, 3.63) is 162 Å². The SMILES string of the molecule is COC(=O)[C@H](Cc1ccc(OCCCN(C(=O)Cc2ccccc2)c2ccccc2)cc1)Nc1ccccc1C(=O)c1ccccc1. The molecule has 0 aliphatic carbocycles. The third-order valence-corrected chi connectivity index (χ3v) is 7.75. The summed E-state index contributed by atoms with van der Waals surface area (Å²) in [6.07, 6.45) is 1.32. The van der Waals surface area contributed by atoms with E-state index in [-0.39, 0.29) is 11.7 Å². The van der Waals surface area contributed by atoms with E-state index < -0.39 is 12.0 Å². The zero-order chi connectivity index (χ0) is 32.8. The normalized spacial score (nSPS) is 11.3. The number of hydrogen-bond acceptors (Lipinski definition) is 6. The van der Waals surface area contributed by atoms with Crippen LogP contribution in [0.25, 0.3) is 0 Å². The van der Waals surface area contributed by atoms with E-state index in [0.717, 1.165) is 16.8 Å². The molecular weight excluding hydrogens is 588 g/mol. The molecule has 238 valence electrons. The van der Waals surface area contributed by atoms with Gasteiger partial charge in [-0.2, -0.15) is 0 Å². The lowest BCUT2D eigenvalue weighted by Gasteiger charge is -2.23. The van der Waals surface area contributed by atoms with E-state index in [4.69, 9.17) is 9.47 Å². The van der Waals surface area contributed by atoms with Gasteiger partial charge in [0.05, 0.1) is 20.1 Å². The minimum atomic E-state index is -0.714. The lowest BCUT2D eigenvalue weighted by atomic mass is 10.00. The number of anilines is 2. The molecule has 1 atom stereocenters. The molecule has 0 spiro atoms. The zero-order valence-electron chi connectivity index (χ0n) is 26.4. The van der Waals surface area contributed by atoms with E-state index >= 15 is 0 Å². The first-order valence-corrected chi connectivity index (χ1v) is 15.7. The van der Waals surface area contributed by atoms with E-state index in [1.54, 1.807) is 30.3 Å². The molecule has 5 aromatic carbocycles. The van der Waals surface area contributed by atoms with Crippen molar-refractivity contribution in [2.75, 3.05) is 30.5 Å². The standard InChI is InChI=1S/C40H38N2O5/c1-46-40(45)37(41-36-21-12-11-20-35(36)39(44)32-16-7-3-8-17-32)28-31-22-24-34(25-23-31)47-27-13-26-42(33-18-9-4-10-19-33)38(43)29-30-14-5-2-6-15-30/h2-12,14-25,37,41H,13,26-29H2,1H3/t37-/m0/s1. The van der Waals surface area contributed by atoms with Gasteiger partial charge in [-0.05, 0) is 53.9 Å². The monoisotopic (exact) mass is 626 g/mol. The van der Waals surface area contributed by atoms with Gasteiger partial charge < -0.3 is 19.7 Å². The van der Waals surface area contributed by atoms with E-state index in [0.29, 0.717) is 55.0 Å². The average molecular weight is 627 g/mol. The van der Waals surface area contributed by atoms with Gasteiger partial charge in [-0.3, -0.25) is 9.59 Å². The van der Waals surface area contributed by atoms with Crippen molar-refractivity contribution < 1.29 is 23.9 Å². The molecule has 0 fully saturated rings. The van der Waals surface area contributed by atoms with Gasteiger partial charge in [-0.15, -0.1) is 0 Å².